The van der Waals surface area contributed by atoms with Gasteiger partial charge in [0.1, 0.15) is 0 Å². The van der Waals surface area contributed by atoms with Crippen LogP contribution in [0.25, 0.3) is 10.9 Å². The Morgan fingerprint density at radius 3 is 2.73 bits per heavy atom. The molecule has 0 saturated heterocycles. The van der Waals surface area contributed by atoms with Crippen molar-refractivity contribution in [2.45, 2.75) is 20.3 Å². The number of aromatic nitrogens is 1. The van der Waals surface area contributed by atoms with Crippen molar-refractivity contribution in [3.05, 3.63) is 35.0 Å². The minimum atomic E-state index is 0.493. The lowest BCUT2D eigenvalue weighted by molar-refractivity contribution is 0.906. The Morgan fingerprint density at radius 1 is 1.33 bits per heavy atom. The third kappa shape index (κ3) is 1.41. The molecule has 0 aliphatic carbocycles. The summed E-state index contributed by atoms with van der Waals surface area (Å²) < 4.78 is 2.15. The standard InChI is InChI=1S/C13H14N2/c1-9-4-5-13-12(8-9)11(6-7-14)10(2)15(13)3/h4-5,8H,6H2,1-3H3. The average molecular weight is 198 g/mol. The van der Waals surface area contributed by atoms with Crippen molar-refractivity contribution in [3.63, 3.8) is 0 Å². The zero-order chi connectivity index (χ0) is 11.0. The lowest BCUT2D eigenvalue weighted by atomic mass is 10.1. The smallest absolute Gasteiger partial charge is 0.0670 e. The first kappa shape index (κ1) is 9.79. The molecule has 2 rings (SSSR count). The van der Waals surface area contributed by atoms with E-state index >= 15 is 0 Å². The molecule has 0 unspecified atom stereocenters. The van der Waals surface area contributed by atoms with Gasteiger partial charge in [-0.15, -0.1) is 0 Å². The van der Waals surface area contributed by atoms with E-state index in [4.69, 9.17) is 5.26 Å². The predicted molar refractivity (Wildman–Crippen MR) is 61.7 cm³/mol. The number of hydrogen-bond donors (Lipinski definition) is 0. The molecular formula is C13H14N2. The van der Waals surface area contributed by atoms with E-state index in [1.54, 1.807) is 0 Å². The predicted octanol–water partition coefficient (Wildman–Crippen LogP) is 2.86. The highest BCUT2D eigenvalue weighted by Gasteiger charge is 2.10. The molecule has 0 N–H and O–H groups in total. The number of aryl methyl sites for hydroxylation is 2. The molecule has 0 radical (unpaired) electrons. The van der Waals surface area contributed by atoms with Crippen molar-refractivity contribution in [1.29, 1.82) is 5.26 Å². The van der Waals surface area contributed by atoms with Crippen LogP contribution in [-0.2, 0) is 13.5 Å². The zero-order valence-corrected chi connectivity index (χ0v) is 9.33. The third-order valence-electron chi connectivity index (χ3n) is 3.03. The molecule has 0 amide bonds. The second kappa shape index (κ2) is 3.43. The molecular weight excluding hydrogens is 184 g/mol. The molecule has 0 saturated carbocycles. The van der Waals surface area contributed by atoms with E-state index in [1.165, 1.54) is 27.7 Å². The molecule has 15 heavy (non-hydrogen) atoms. The Hall–Kier alpha value is -1.75. The first-order valence-electron chi connectivity index (χ1n) is 5.06. The summed E-state index contributed by atoms with van der Waals surface area (Å²) >= 11 is 0. The average Bonchev–Trinajstić information content (AvgIpc) is 2.44. The van der Waals surface area contributed by atoms with Crippen molar-refractivity contribution in [2.75, 3.05) is 0 Å². The molecule has 1 heterocycles. The van der Waals surface area contributed by atoms with Crippen molar-refractivity contribution in [1.82, 2.24) is 4.57 Å². The van der Waals surface area contributed by atoms with Gasteiger partial charge in [-0.25, -0.2) is 0 Å². The van der Waals surface area contributed by atoms with E-state index in [-0.39, 0.29) is 0 Å². The van der Waals surface area contributed by atoms with Crippen molar-refractivity contribution in [2.24, 2.45) is 7.05 Å². The van der Waals surface area contributed by atoms with Crippen molar-refractivity contribution >= 4 is 10.9 Å². The number of hydrogen-bond acceptors (Lipinski definition) is 1. The van der Waals surface area contributed by atoms with Gasteiger partial charge in [0.15, 0.2) is 0 Å². The van der Waals surface area contributed by atoms with Gasteiger partial charge < -0.3 is 4.57 Å². The summed E-state index contributed by atoms with van der Waals surface area (Å²) in [5, 5.41) is 10.0. The molecule has 0 aliphatic rings. The summed E-state index contributed by atoms with van der Waals surface area (Å²) in [6.07, 6.45) is 0.493. The number of nitrogens with zero attached hydrogens (tertiary/aromatic N) is 2. The lowest BCUT2D eigenvalue weighted by Crippen LogP contribution is -1.91. The molecule has 2 aromatic rings. The van der Waals surface area contributed by atoms with Crippen LogP contribution in [0.3, 0.4) is 0 Å². The fraction of sp³-hybridized carbons (Fsp3) is 0.308. The van der Waals surface area contributed by atoms with Gasteiger partial charge in [0.05, 0.1) is 12.5 Å². The topological polar surface area (TPSA) is 28.7 Å². The molecule has 2 heteroatoms. The quantitative estimate of drug-likeness (QED) is 0.692. The second-order valence-electron chi connectivity index (χ2n) is 3.98. The van der Waals surface area contributed by atoms with Gasteiger partial charge in [-0.2, -0.15) is 5.26 Å². The summed E-state index contributed by atoms with van der Waals surface area (Å²) in [5.74, 6) is 0. The van der Waals surface area contributed by atoms with Crippen LogP contribution in [0.4, 0.5) is 0 Å². The van der Waals surface area contributed by atoms with Crippen molar-refractivity contribution < 1.29 is 0 Å². The SMILES string of the molecule is Cc1ccc2c(c1)c(CC#N)c(C)n2C. The van der Waals surface area contributed by atoms with Gasteiger partial charge in [-0.1, -0.05) is 11.6 Å². The van der Waals surface area contributed by atoms with Gasteiger partial charge >= 0.3 is 0 Å². The fourth-order valence-corrected chi connectivity index (χ4v) is 2.06. The summed E-state index contributed by atoms with van der Waals surface area (Å²) in [6.45, 7) is 4.15. The Balaban J connectivity index is 2.83. The van der Waals surface area contributed by atoms with E-state index in [9.17, 15) is 0 Å². The monoisotopic (exact) mass is 198 g/mol. The molecule has 1 aromatic carbocycles. The van der Waals surface area contributed by atoms with E-state index in [0.717, 1.165) is 0 Å². The first-order valence-corrected chi connectivity index (χ1v) is 5.06. The molecule has 0 atom stereocenters. The van der Waals surface area contributed by atoms with Gasteiger partial charge in [-0.3, -0.25) is 0 Å². The van der Waals surface area contributed by atoms with E-state index in [2.05, 4.69) is 42.7 Å². The van der Waals surface area contributed by atoms with Gasteiger partial charge in [0, 0.05) is 23.6 Å². The summed E-state index contributed by atoms with van der Waals surface area (Å²) in [4.78, 5) is 0. The first-order chi connectivity index (χ1) is 7.15. The lowest BCUT2D eigenvalue weighted by Gasteiger charge is -1.98. The van der Waals surface area contributed by atoms with E-state index < -0.39 is 0 Å². The maximum absolute atomic E-state index is 8.82. The maximum Gasteiger partial charge on any atom is 0.0670 e. The van der Waals surface area contributed by atoms with Crippen LogP contribution in [0.1, 0.15) is 16.8 Å². The van der Waals surface area contributed by atoms with Gasteiger partial charge in [-0.05, 0) is 31.5 Å². The largest absolute Gasteiger partial charge is 0.348 e. The molecule has 0 aliphatic heterocycles. The van der Waals surface area contributed by atoms with Crippen molar-refractivity contribution in [3.8, 4) is 6.07 Å². The molecule has 76 valence electrons. The molecule has 0 fully saturated rings. The van der Waals surface area contributed by atoms with Crippen LogP contribution in [0.5, 0.6) is 0 Å². The maximum atomic E-state index is 8.82. The number of benzene rings is 1. The van der Waals surface area contributed by atoms with Gasteiger partial charge in [0.2, 0.25) is 0 Å². The van der Waals surface area contributed by atoms with E-state index in [1.807, 2.05) is 7.05 Å². The minimum Gasteiger partial charge on any atom is -0.348 e. The van der Waals surface area contributed by atoms with Crippen LogP contribution in [0.15, 0.2) is 18.2 Å². The Morgan fingerprint density at radius 2 is 2.07 bits per heavy atom. The Kier molecular flexibility index (Phi) is 2.24. The number of rotatable bonds is 1. The molecule has 2 nitrogen and oxygen atoms in total. The van der Waals surface area contributed by atoms with Crippen LogP contribution in [0, 0.1) is 25.2 Å². The zero-order valence-electron chi connectivity index (χ0n) is 9.33. The highest BCUT2D eigenvalue weighted by atomic mass is 14.9. The molecule has 0 bridgehead atoms. The minimum absolute atomic E-state index is 0.493. The number of nitriles is 1. The number of fused-ring (bicyclic) bond motifs is 1. The van der Waals surface area contributed by atoms with Crippen LogP contribution in [-0.4, -0.2) is 4.57 Å². The normalized spacial score (nSPS) is 10.5. The summed E-state index contributed by atoms with van der Waals surface area (Å²) in [7, 11) is 2.05. The Bertz CT molecular complexity index is 556. The second-order valence-corrected chi connectivity index (χ2v) is 3.98. The van der Waals surface area contributed by atoms with Crippen LogP contribution >= 0.6 is 0 Å². The summed E-state index contributed by atoms with van der Waals surface area (Å²) in [5.41, 5.74) is 4.81. The highest BCUT2D eigenvalue weighted by Crippen LogP contribution is 2.26. The van der Waals surface area contributed by atoms with Gasteiger partial charge in [0.25, 0.3) is 0 Å². The van der Waals surface area contributed by atoms with E-state index in [0.29, 0.717) is 6.42 Å². The summed E-state index contributed by atoms with van der Waals surface area (Å²) in [6, 6.07) is 8.63. The van der Waals surface area contributed by atoms with Crippen LogP contribution in [0.2, 0.25) is 0 Å². The Labute approximate surface area is 89.7 Å². The molecule has 1 aromatic heterocycles. The highest BCUT2D eigenvalue weighted by molar-refractivity contribution is 5.86. The third-order valence-corrected chi connectivity index (χ3v) is 3.03. The fourth-order valence-electron chi connectivity index (χ4n) is 2.06. The molecule has 0 spiro atoms. The van der Waals surface area contributed by atoms with Crippen LogP contribution < -0.4 is 0 Å².